The van der Waals surface area contributed by atoms with Gasteiger partial charge in [-0.25, -0.2) is 4.98 Å². The van der Waals surface area contributed by atoms with Gasteiger partial charge in [0.1, 0.15) is 11.4 Å². The number of carbonyl (C=O) groups is 1. The van der Waals surface area contributed by atoms with Crippen molar-refractivity contribution in [2.45, 2.75) is 12.8 Å². The summed E-state index contributed by atoms with van der Waals surface area (Å²) in [4.78, 5) is 17.2. The SMILES string of the molecule is Cn1nc(-c2ccc(C(=O)Nc3nccs3)s2)cc1C(C)(F)F. The number of nitrogens with one attached hydrogen (secondary N) is 1. The monoisotopic (exact) mass is 354 g/mol. The van der Waals surface area contributed by atoms with Crippen LogP contribution < -0.4 is 5.32 Å². The fourth-order valence-electron chi connectivity index (χ4n) is 2.04. The third kappa shape index (κ3) is 3.30. The first-order valence-corrected chi connectivity index (χ1v) is 8.27. The van der Waals surface area contributed by atoms with Crippen molar-refractivity contribution in [2.75, 3.05) is 5.32 Å². The van der Waals surface area contributed by atoms with Crippen molar-refractivity contribution in [2.24, 2.45) is 7.05 Å². The van der Waals surface area contributed by atoms with Gasteiger partial charge in [-0.05, 0) is 18.2 Å². The largest absolute Gasteiger partial charge is 0.297 e. The Balaban J connectivity index is 1.83. The van der Waals surface area contributed by atoms with Crippen molar-refractivity contribution in [1.82, 2.24) is 14.8 Å². The summed E-state index contributed by atoms with van der Waals surface area (Å²) in [5.74, 6) is -3.25. The third-order valence-electron chi connectivity index (χ3n) is 3.06. The van der Waals surface area contributed by atoms with Crippen LogP contribution >= 0.6 is 22.7 Å². The van der Waals surface area contributed by atoms with E-state index in [1.807, 2.05) is 0 Å². The Morgan fingerprint density at radius 3 is 2.78 bits per heavy atom. The van der Waals surface area contributed by atoms with E-state index in [0.29, 0.717) is 20.6 Å². The van der Waals surface area contributed by atoms with Crippen molar-refractivity contribution < 1.29 is 13.6 Å². The molecule has 3 heterocycles. The van der Waals surface area contributed by atoms with Gasteiger partial charge < -0.3 is 0 Å². The lowest BCUT2D eigenvalue weighted by molar-refractivity contribution is 0.00883. The van der Waals surface area contributed by atoms with E-state index in [1.54, 1.807) is 23.7 Å². The average Bonchev–Trinajstić information content (AvgIpc) is 3.15. The molecule has 0 saturated carbocycles. The van der Waals surface area contributed by atoms with Gasteiger partial charge >= 0.3 is 0 Å². The Labute approximate surface area is 138 Å². The molecule has 3 rings (SSSR count). The number of rotatable bonds is 4. The molecular formula is C14H12F2N4OS2. The molecule has 5 nitrogen and oxygen atoms in total. The summed E-state index contributed by atoms with van der Waals surface area (Å²) in [6.07, 6.45) is 1.60. The average molecular weight is 354 g/mol. The Morgan fingerprint density at radius 1 is 1.39 bits per heavy atom. The summed E-state index contributed by atoms with van der Waals surface area (Å²) in [7, 11) is 1.47. The minimum absolute atomic E-state index is 0.172. The van der Waals surface area contributed by atoms with Gasteiger partial charge in [-0.3, -0.25) is 14.8 Å². The molecule has 0 atom stereocenters. The molecule has 0 spiro atoms. The number of halogens is 2. The molecule has 0 aromatic carbocycles. The van der Waals surface area contributed by atoms with E-state index in [9.17, 15) is 13.6 Å². The number of thiophene rings is 1. The summed E-state index contributed by atoms with van der Waals surface area (Å²) in [6, 6.07) is 4.68. The van der Waals surface area contributed by atoms with Crippen molar-refractivity contribution >= 4 is 33.7 Å². The smallest absolute Gasteiger partial charge is 0.286 e. The van der Waals surface area contributed by atoms with Gasteiger partial charge in [-0.2, -0.15) is 13.9 Å². The highest BCUT2D eigenvalue weighted by molar-refractivity contribution is 7.17. The van der Waals surface area contributed by atoms with E-state index in [0.717, 1.165) is 11.6 Å². The molecule has 120 valence electrons. The standard InChI is InChI=1S/C14H12F2N4OS2/c1-14(15,16)11-7-8(19-20(11)2)9-3-4-10(23-9)12(21)18-13-17-5-6-22-13/h3-7H,1-2H3,(H,17,18,21). The molecule has 1 N–H and O–H groups in total. The van der Waals surface area contributed by atoms with Crippen LogP contribution in [0.1, 0.15) is 22.3 Å². The maximum Gasteiger partial charge on any atom is 0.286 e. The van der Waals surface area contributed by atoms with Crippen LogP contribution in [0.2, 0.25) is 0 Å². The van der Waals surface area contributed by atoms with Crippen LogP contribution in [0.15, 0.2) is 29.8 Å². The Kier molecular flexibility index (Phi) is 3.99. The van der Waals surface area contributed by atoms with Gasteiger partial charge in [0.15, 0.2) is 5.13 Å². The first-order valence-electron chi connectivity index (χ1n) is 6.58. The maximum atomic E-state index is 13.5. The Hall–Kier alpha value is -2.13. The Bertz CT molecular complexity index is 833. The fraction of sp³-hybridized carbons (Fsp3) is 0.214. The number of aromatic nitrogens is 3. The van der Waals surface area contributed by atoms with Crippen LogP contribution in [0, 0.1) is 0 Å². The lowest BCUT2D eigenvalue weighted by Gasteiger charge is -2.08. The summed E-state index contributed by atoms with van der Waals surface area (Å²) >= 11 is 2.51. The zero-order chi connectivity index (χ0) is 16.6. The van der Waals surface area contributed by atoms with Crippen molar-refractivity contribution in [1.29, 1.82) is 0 Å². The molecule has 0 radical (unpaired) electrons. The first kappa shape index (κ1) is 15.8. The number of amides is 1. The summed E-state index contributed by atoms with van der Waals surface area (Å²) < 4.78 is 28.1. The van der Waals surface area contributed by atoms with Crippen LogP contribution in [0.3, 0.4) is 0 Å². The highest BCUT2D eigenvalue weighted by Crippen LogP contribution is 2.33. The quantitative estimate of drug-likeness (QED) is 0.771. The van der Waals surface area contributed by atoms with Crippen molar-refractivity contribution in [3.63, 3.8) is 0 Å². The van der Waals surface area contributed by atoms with Crippen LogP contribution in [0.4, 0.5) is 13.9 Å². The molecule has 0 aliphatic carbocycles. The van der Waals surface area contributed by atoms with Gasteiger partial charge in [-0.15, -0.1) is 22.7 Å². The molecule has 0 saturated heterocycles. The fourth-order valence-corrected chi connectivity index (χ4v) is 3.42. The van der Waals surface area contributed by atoms with Crippen LogP contribution in [0.5, 0.6) is 0 Å². The molecule has 0 aliphatic rings. The van der Waals surface area contributed by atoms with Crippen molar-refractivity contribution in [3.8, 4) is 10.6 Å². The lowest BCUT2D eigenvalue weighted by Crippen LogP contribution is -2.12. The van der Waals surface area contributed by atoms with E-state index in [4.69, 9.17) is 0 Å². The lowest BCUT2D eigenvalue weighted by atomic mass is 10.2. The highest BCUT2D eigenvalue weighted by atomic mass is 32.1. The number of aryl methyl sites for hydroxylation is 1. The maximum absolute atomic E-state index is 13.5. The van der Waals surface area contributed by atoms with Gasteiger partial charge in [0.05, 0.1) is 9.75 Å². The second kappa shape index (κ2) is 5.82. The minimum Gasteiger partial charge on any atom is -0.297 e. The number of carbonyl (C=O) groups excluding carboxylic acids is 1. The van der Waals surface area contributed by atoms with E-state index in [-0.39, 0.29) is 11.6 Å². The van der Waals surface area contributed by atoms with Gasteiger partial charge in [0, 0.05) is 25.5 Å². The van der Waals surface area contributed by atoms with Gasteiger partial charge in [-0.1, -0.05) is 0 Å². The molecule has 0 unspecified atom stereocenters. The number of thiazole rings is 1. The number of anilines is 1. The summed E-state index contributed by atoms with van der Waals surface area (Å²) in [5.41, 5.74) is 0.247. The molecule has 0 aliphatic heterocycles. The highest BCUT2D eigenvalue weighted by Gasteiger charge is 2.29. The Morgan fingerprint density at radius 2 is 2.17 bits per heavy atom. The predicted molar refractivity (Wildman–Crippen MR) is 86.2 cm³/mol. The van der Waals surface area contributed by atoms with Crippen LogP contribution in [0.25, 0.3) is 10.6 Å². The van der Waals surface area contributed by atoms with Crippen LogP contribution in [-0.4, -0.2) is 20.7 Å². The number of hydrogen-bond donors (Lipinski definition) is 1. The molecule has 23 heavy (non-hydrogen) atoms. The summed E-state index contributed by atoms with van der Waals surface area (Å²) in [6.45, 7) is 0.828. The normalized spacial score (nSPS) is 11.7. The number of alkyl halides is 2. The molecule has 3 aromatic heterocycles. The molecule has 3 aromatic rings. The number of hydrogen-bond acceptors (Lipinski definition) is 5. The van der Waals surface area contributed by atoms with E-state index >= 15 is 0 Å². The van der Waals surface area contributed by atoms with Crippen molar-refractivity contribution in [3.05, 3.63) is 40.3 Å². The zero-order valence-electron chi connectivity index (χ0n) is 12.2. The molecular weight excluding hydrogens is 342 g/mol. The van der Waals surface area contributed by atoms with Gasteiger partial charge in [0.25, 0.3) is 11.8 Å². The molecule has 9 heteroatoms. The molecule has 0 fully saturated rings. The molecule has 1 amide bonds. The summed E-state index contributed by atoms with van der Waals surface area (Å²) in [5, 5.41) is 9.05. The number of nitrogens with zero attached hydrogens (tertiary/aromatic N) is 3. The van der Waals surface area contributed by atoms with E-state index in [1.165, 1.54) is 35.8 Å². The second-order valence-corrected chi connectivity index (χ2v) is 6.86. The van der Waals surface area contributed by atoms with E-state index < -0.39 is 5.92 Å². The van der Waals surface area contributed by atoms with E-state index in [2.05, 4.69) is 15.4 Å². The van der Waals surface area contributed by atoms with Gasteiger partial charge in [0.2, 0.25) is 0 Å². The first-order chi connectivity index (χ1) is 10.8. The molecule has 0 bridgehead atoms. The zero-order valence-corrected chi connectivity index (χ0v) is 13.8. The van der Waals surface area contributed by atoms with Crippen LogP contribution in [-0.2, 0) is 13.0 Å². The second-order valence-electron chi connectivity index (χ2n) is 4.88. The minimum atomic E-state index is -2.97. The topological polar surface area (TPSA) is 59.8 Å². The third-order valence-corrected chi connectivity index (χ3v) is 4.86. The predicted octanol–water partition coefficient (Wildman–Crippen LogP) is 3.97.